The first kappa shape index (κ1) is 29.8. The first-order valence-corrected chi connectivity index (χ1v) is 15.4. The number of carbonyl (C=O) groups is 1. The van der Waals surface area contributed by atoms with Gasteiger partial charge in [-0.25, -0.2) is 4.39 Å². The van der Waals surface area contributed by atoms with Crippen LogP contribution in [0.5, 0.6) is 6.01 Å². The highest BCUT2D eigenvalue weighted by atomic mass is 19.1. The number of anilines is 2. The normalized spacial score (nSPS) is 19.1. The molecule has 2 aromatic carbocycles. The Morgan fingerprint density at radius 2 is 1.93 bits per heavy atom. The zero-order valence-corrected chi connectivity index (χ0v) is 25.9. The molecular weight excluding hydrogens is 557 g/mol. The predicted molar refractivity (Wildman–Crippen MR) is 169 cm³/mol. The number of halogens is 1. The molecule has 3 aromatic rings. The third-order valence-corrected chi connectivity index (χ3v) is 9.17. The lowest BCUT2D eigenvalue weighted by Gasteiger charge is -2.42. The van der Waals surface area contributed by atoms with Gasteiger partial charge in [-0.15, -0.1) is 0 Å². The van der Waals surface area contributed by atoms with Gasteiger partial charge in [0.15, 0.2) is 5.83 Å². The Labute approximate surface area is 258 Å². The van der Waals surface area contributed by atoms with Crippen LogP contribution in [0.2, 0.25) is 0 Å². The summed E-state index contributed by atoms with van der Waals surface area (Å²) >= 11 is 0. The molecule has 1 atom stereocenters. The molecule has 1 unspecified atom stereocenters. The molecule has 2 aliphatic heterocycles. The minimum Gasteiger partial charge on any atom is -0.463 e. The van der Waals surface area contributed by atoms with Gasteiger partial charge >= 0.3 is 6.01 Å². The van der Waals surface area contributed by atoms with E-state index in [0.717, 1.165) is 49.4 Å². The van der Waals surface area contributed by atoms with Gasteiger partial charge in [0.1, 0.15) is 5.82 Å². The van der Waals surface area contributed by atoms with Crippen LogP contribution in [-0.4, -0.2) is 85.1 Å². The minimum absolute atomic E-state index is 0.0907. The van der Waals surface area contributed by atoms with Crippen molar-refractivity contribution in [2.24, 2.45) is 5.41 Å². The van der Waals surface area contributed by atoms with Gasteiger partial charge in [-0.2, -0.15) is 15.2 Å². The molecule has 1 amide bonds. The number of piperazine rings is 1. The fourth-order valence-electron chi connectivity index (χ4n) is 6.85. The van der Waals surface area contributed by atoms with Gasteiger partial charge < -0.3 is 24.3 Å². The molecular formula is C34H40FN7O2. The van der Waals surface area contributed by atoms with Crippen LogP contribution < -0.4 is 14.5 Å². The fraction of sp³-hybridized carbons (Fsp3) is 0.471. The number of aromatic nitrogens is 2. The molecule has 1 aliphatic carbocycles. The first-order valence-electron chi connectivity index (χ1n) is 15.4. The second-order valence-electron chi connectivity index (χ2n) is 12.8. The van der Waals surface area contributed by atoms with E-state index in [1.807, 2.05) is 0 Å². The Morgan fingerprint density at radius 3 is 2.64 bits per heavy atom. The molecule has 0 bridgehead atoms. The van der Waals surface area contributed by atoms with Crippen LogP contribution >= 0.6 is 0 Å². The topological polar surface area (TPSA) is 88.8 Å². The summed E-state index contributed by atoms with van der Waals surface area (Å²) in [5.41, 5.74) is 4.52. The summed E-state index contributed by atoms with van der Waals surface area (Å²) in [4.78, 5) is 30.6. The zero-order chi connectivity index (χ0) is 31.0. The number of benzene rings is 2. The second kappa shape index (κ2) is 12.0. The number of nitrogens with zero attached hydrogens (tertiary/aromatic N) is 7. The maximum absolute atomic E-state index is 13.8. The molecule has 1 aromatic heterocycles. The summed E-state index contributed by atoms with van der Waals surface area (Å²) in [7, 11) is 4.16. The van der Waals surface area contributed by atoms with Crippen LogP contribution in [0.1, 0.15) is 36.1 Å². The lowest BCUT2D eigenvalue weighted by molar-refractivity contribution is -0.131. The number of ether oxygens (including phenoxy) is 1. The molecule has 44 heavy (non-hydrogen) atoms. The van der Waals surface area contributed by atoms with Crippen LogP contribution in [0.4, 0.5) is 15.9 Å². The van der Waals surface area contributed by atoms with E-state index in [1.165, 1.54) is 26.9 Å². The molecule has 3 heterocycles. The van der Waals surface area contributed by atoms with Crippen molar-refractivity contribution in [2.75, 3.05) is 63.2 Å². The van der Waals surface area contributed by atoms with Crippen molar-refractivity contribution in [3.05, 3.63) is 65.6 Å². The van der Waals surface area contributed by atoms with E-state index in [0.29, 0.717) is 32.3 Å². The largest absolute Gasteiger partial charge is 0.463 e. The smallest absolute Gasteiger partial charge is 0.318 e. The Kier molecular flexibility index (Phi) is 8.16. The van der Waals surface area contributed by atoms with Crippen LogP contribution in [-0.2, 0) is 17.8 Å². The summed E-state index contributed by atoms with van der Waals surface area (Å²) in [5, 5.41) is 12.0. The summed E-state index contributed by atoms with van der Waals surface area (Å²) in [6.07, 6.45) is 3.06. The van der Waals surface area contributed by atoms with Crippen LogP contribution in [0, 0.1) is 23.7 Å². The van der Waals surface area contributed by atoms with E-state index in [2.05, 4.69) is 84.8 Å². The number of aryl methyl sites for hydroxylation is 1. The first-order chi connectivity index (χ1) is 21.2. The van der Waals surface area contributed by atoms with Crippen molar-refractivity contribution in [2.45, 2.75) is 45.2 Å². The third-order valence-electron chi connectivity index (χ3n) is 9.17. The van der Waals surface area contributed by atoms with Gasteiger partial charge in [0.05, 0.1) is 37.4 Å². The minimum atomic E-state index is -1.01. The van der Waals surface area contributed by atoms with E-state index >= 15 is 0 Å². The van der Waals surface area contributed by atoms with E-state index in [9.17, 15) is 14.4 Å². The van der Waals surface area contributed by atoms with Crippen molar-refractivity contribution in [3.63, 3.8) is 0 Å². The van der Waals surface area contributed by atoms with Crippen molar-refractivity contribution in [3.8, 4) is 12.1 Å². The molecule has 0 spiro atoms. The molecule has 1 saturated heterocycles. The number of rotatable bonds is 9. The predicted octanol–water partition coefficient (Wildman–Crippen LogP) is 4.64. The van der Waals surface area contributed by atoms with Crippen molar-refractivity contribution in [1.29, 1.82) is 5.26 Å². The molecule has 9 nitrogen and oxygen atoms in total. The Hall–Kier alpha value is -4.23. The number of nitriles is 1. The summed E-state index contributed by atoms with van der Waals surface area (Å²) in [6.45, 7) is 9.35. The highest BCUT2D eigenvalue weighted by Gasteiger charge is 2.44. The van der Waals surface area contributed by atoms with Crippen molar-refractivity contribution < 1.29 is 13.9 Å². The highest BCUT2D eigenvalue weighted by Crippen LogP contribution is 2.46. The van der Waals surface area contributed by atoms with Gasteiger partial charge in [-0.05, 0) is 57.3 Å². The SMILES string of the molecule is C=C(F)C(=O)N1CCN(c2nc(OCC3(CN(C)C)CC3)nc3c2CCN(c2cccc4cccc(C)c24)C3)CC1CC#N. The molecule has 0 radical (unpaired) electrons. The van der Waals surface area contributed by atoms with Gasteiger partial charge in [-0.1, -0.05) is 36.9 Å². The van der Waals surface area contributed by atoms with Crippen molar-refractivity contribution in [1.82, 2.24) is 19.8 Å². The molecule has 10 heteroatoms. The number of amides is 1. The van der Waals surface area contributed by atoms with Gasteiger partial charge in [0, 0.05) is 54.8 Å². The van der Waals surface area contributed by atoms with Gasteiger partial charge in [0.2, 0.25) is 0 Å². The zero-order valence-electron chi connectivity index (χ0n) is 25.9. The fourth-order valence-corrected chi connectivity index (χ4v) is 6.85. The lowest BCUT2D eigenvalue weighted by Crippen LogP contribution is -2.55. The second-order valence-corrected chi connectivity index (χ2v) is 12.8. The number of carbonyl (C=O) groups excluding carboxylic acids is 1. The Morgan fingerprint density at radius 1 is 1.16 bits per heavy atom. The highest BCUT2D eigenvalue weighted by molar-refractivity contribution is 5.97. The Balaban J connectivity index is 1.34. The van der Waals surface area contributed by atoms with Crippen LogP contribution in [0.3, 0.4) is 0 Å². The molecule has 0 N–H and O–H groups in total. The van der Waals surface area contributed by atoms with E-state index in [-0.39, 0.29) is 18.4 Å². The monoisotopic (exact) mass is 597 g/mol. The number of hydrogen-bond acceptors (Lipinski definition) is 8. The van der Waals surface area contributed by atoms with E-state index < -0.39 is 17.8 Å². The molecule has 3 aliphatic rings. The van der Waals surface area contributed by atoms with Gasteiger partial charge in [0.25, 0.3) is 5.91 Å². The van der Waals surface area contributed by atoms with E-state index in [1.54, 1.807) is 0 Å². The van der Waals surface area contributed by atoms with Crippen LogP contribution in [0.25, 0.3) is 10.8 Å². The summed E-state index contributed by atoms with van der Waals surface area (Å²) in [6, 6.07) is 14.9. The average Bonchev–Trinajstić information content (AvgIpc) is 3.77. The molecule has 2 fully saturated rings. The lowest BCUT2D eigenvalue weighted by atomic mass is 9.99. The quantitative estimate of drug-likeness (QED) is 0.330. The van der Waals surface area contributed by atoms with Crippen molar-refractivity contribution >= 4 is 28.2 Å². The number of hydrogen-bond donors (Lipinski definition) is 0. The molecule has 6 rings (SSSR count). The summed E-state index contributed by atoms with van der Waals surface area (Å²) in [5.74, 6) is -0.979. The van der Waals surface area contributed by atoms with E-state index in [4.69, 9.17) is 14.7 Å². The molecule has 1 saturated carbocycles. The standard InChI is InChI=1S/C34H40FN7O2/c1-23-7-5-8-25-9-6-10-29(30(23)25)40-16-12-27-28(20-40)37-33(44-22-34(13-14-34)21-39(3)4)38-31(27)41-17-18-42(32(43)24(2)35)26(19-41)11-15-36/h5-10,26H,2,11-14,16-22H2,1,3-4H3. The average molecular weight is 598 g/mol. The number of fused-ring (bicyclic) bond motifs is 2. The molecule has 230 valence electrons. The maximum atomic E-state index is 13.8. The van der Waals surface area contributed by atoms with Crippen LogP contribution in [0.15, 0.2) is 48.8 Å². The third kappa shape index (κ3) is 5.93. The maximum Gasteiger partial charge on any atom is 0.318 e. The van der Waals surface area contributed by atoms with Gasteiger partial charge in [-0.3, -0.25) is 4.79 Å². The Bertz CT molecular complexity index is 1620. The summed E-state index contributed by atoms with van der Waals surface area (Å²) < 4.78 is 20.2.